The predicted octanol–water partition coefficient (Wildman–Crippen LogP) is 7.54. The van der Waals surface area contributed by atoms with E-state index in [0.29, 0.717) is 23.2 Å². The third-order valence-electron chi connectivity index (χ3n) is 11.6. The molecular weight excluding hydrogens is 432 g/mol. The Bertz CT molecular complexity index is 794. The Kier molecular flexibility index (Phi) is 7.38. The lowest BCUT2D eigenvalue weighted by Gasteiger charge is -2.61. The lowest BCUT2D eigenvalue weighted by atomic mass is 9.44. The van der Waals surface area contributed by atoms with Crippen molar-refractivity contribution in [1.82, 2.24) is 0 Å². The van der Waals surface area contributed by atoms with E-state index in [0.717, 1.165) is 41.9 Å². The summed E-state index contributed by atoms with van der Waals surface area (Å²) in [6, 6.07) is 0. The minimum absolute atomic E-state index is 0.0654. The lowest BCUT2D eigenvalue weighted by Crippen LogP contribution is -2.53. The summed E-state index contributed by atoms with van der Waals surface area (Å²) in [5, 5.41) is 0. The average Bonchev–Trinajstić information content (AvgIpc) is 3.07. The molecule has 4 rings (SSSR count). The van der Waals surface area contributed by atoms with Crippen molar-refractivity contribution < 1.29 is 17.2 Å². The van der Waals surface area contributed by atoms with Crippen LogP contribution in [-0.2, 0) is 14.6 Å². The SMILES string of the molecule is CC(C)C(CCC(C)C1CCC2C3CCC4C[C@@H](C)CC[C@]4(C)C3CC[C@]12C)OS(=O)(=O)O. The van der Waals surface area contributed by atoms with Crippen LogP contribution >= 0.6 is 0 Å². The fourth-order valence-corrected chi connectivity index (χ4v) is 10.4. The van der Waals surface area contributed by atoms with Gasteiger partial charge in [0.1, 0.15) is 0 Å². The van der Waals surface area contributed by atoms with Crippen LogP contribution in [0.5, 0.6) is 0 Å². The fraction of sp³-hybridized carbons (Fsp3) is 1.00. The molecule has 192 valence electrons. The normalized spacial score (nSPS) is 45.2. The van der Waals surface area contributed by atoms with E-state index in [2.05, 4.69) is 27.7 Å². The second-order valence-electron chi connectivity index (χ2n) is 13.6. The standard InChI is InChI=1S/C28H50O4S/c1-18(2)26(32-33(29,30)31)12-7-20(4)23-10-11-24-22-9-8-21-17-19(3)13-15-27(21,5)25(22)14-16-28(23,24)6/h18-26H,7-17H2,1-6H3,(H,29,30,31)/t19-,20?,21?,22?,23?,24?,25?,26?,27-,28+/m0/s1. The third-order valence-corrected chi connectivity index (χ3v) is 12.1. The molecule has 0 amide bonds. The van der Waals surface area contributed by atoms with Crippen molar-refractivity contribution in [3.8, 4) is 0 Å². The van der Waals surface area contributed by atoms with Crippen molar-refractivity contribution >= 4 is 10.4 Å². The smallest absolute Gasteiger partial charge is 0.264 e. The summed E-state index contributed by atoms with van der Waals surface area (Å²) in [7, 11) is -4.40. The van der Waals surface area contributed by atoms with Crippen molar-refractivity contribution in [1.29, 1.82) is 0 Å². The van der Waals surface area contributed by atoms with Crippen molar-refractivity contribution in [2.24, 2.45) is 58.2 Å². The maximum absolute atomic E-state index is 11.3. The summed E-state index contributed by atoms with van der Waals surface area (Å²) in [5.41, 5.74) is 1.01. The van der Waals surface area contributed by atoms with E-state index < -0.39 is 16.5 Å². The van der Waals surface area contributed by atoms with Crippen LogP contribution in [0.4, 0.5) is 0 Å². The Balaban J connectivity index is 1.43. The van der Waals surface area contributed by atoms with Crippen molar-refractivity contribution in [2.75, 3.05) is 0 Å². The van der Waals surface area contributed by atoms with Crippen molar-refractivity contribution in [2.45, 2.75) is 118 Å². The largest absolute Gasteiger partial charge is 0.397 e. The van der Waals surface area contributed by atoms with Gasteiger partial charge in [0.25, 0.3) is 0 Å². The van der Waals surface area contributed by atoms with E-state index in [1.54, 1.807) is 0 Å². The van der Waals surface area contributed by atoms with Crippen LogP contribution < -0.4 is 0 Å². The monoisotopic (exact) mass is 482 g/mol. The lowest BCUT2D eigenvalue weighted by molar-refractivity contribution is -0.120. The topological polar surface area (TPSA) is 63.6 Å². The molecule has 0 spiro atoms. The molecule has 0 aromatic rings. The van der Waals surface area contributed by atoms with E-state index in [4.69, 9.17) is 4.18 Å². The molecular formula is C28H50O4S. The maximum atomic E-state index is 11.3. The molecule has 0 saturated heterocycles. The van der Waals surface area contributed by atoms with Crippen LogP contribution in [0.2, 0.25) is 0 Å². The molecule has 1 N–H and O–H groups in total. The first kappa shape index (κ1) is 25.9. The van der Waals surface area contributed by atoms with Crippen LogP contribution in [0.1, 0.15) is 112 Å². The van der Waals surface area contributed by atoms with Gasteiger partial charge in [-0.05, 0) is 122 Å². The van der Waals surface area contributed by atoms with Gasteiger partial charge in [-0.15, -0.1) is 0 Å². The van der Waals surface area contributed by atoms with Gasteiger partial charge < -0.3 is 0 Å². The first-order valence-electron chi connectivity index (χ1n) is 14.0. The van der Waals surface area contributed by atoms with Gasteiger partial charge in [0, 0.05) is 0 Å². The third kappa shape index (κ3) is 4.94. The van der Waals surface area contributed by atoms with Crippen LogP contribution in [0, 0.1) is 58.2 Å². The highest BCUT2D eigenvalue weighted by atomic mass is 32.3. The molecule has 0 radical (unpaired) electrons. The van der Waals surface area contributed by atoms with Crippen molar-refractivity contribution in [3.63, 3.8) is 0 Å². The molecule has 0 aromatic carbocycles. The molecule has 10 atom stereocenters. The van der Waals surface area contributed by atoms with Crippen LogP contribution in [0.3, 0.4) is 0 Å². The van der Waals surface area contributed by atoms with E-state index in [1.807, 2.05) is 13.8 Å². The Morgan fingerprint density at radius 1 is 0.909 bits per heavy atom. The van der Waals surface area contributed by atoms with Gasteiger partial charge in [0.05, 0.1) is 6.10 Å². The summed E-state index contributed by atoms with van der Waals surface area (Å²) < 4.78 is 36.8. The summed E-state index contributed by atoms with van der Waals surface area (Å²) in [6.45, 7) is 14.1. The minimum atomic E-state index is -4.40. The molecule has 0 heterocycles. The van der Waals surface area contributed by atoms with Gasteiger partial charge in [-0.3, -0.25) is 4.55 Å². The highest BCUT2D eigenvalue weighted by molar-refractivity contribution is 7.80. The zero-order valence-corrected chi connectivity index (χ0v) is 22.9. The molecule has 7 unspecified atom stereocenters. The van der Waals surface area contributed by atoms with E-state index in [-0.39, 0.29) is 5.92 Å². The highest BCUT2D eigenvalue weighted by Gasteiger charge is 2.60. The quantitative estimate of drug-likeness (QED) is 0.381. The number of hydrogen-bond acceptors (Lipinski definition) is 3. The van der Waals surface area contributed by atoms with Gasteiger partial charge in [-0.25, -0.2) is 4.18 Å². The number of hydrogen-bond donors (Lipinski definition) is 1. The van der Waals surface area contributed by atoms with Crippen LogP contribution in [0.15, 0.2) is 0 Å². The molecule has 0 aliphatic heterocycles. The highest BCUT2D eigenvalue weighted by Crippen LogP contribution is 2.68. The van der Waals surface area contributed by atoms with Gasteiger partial charge in [0.15, 0.2) is 0 Å². The summed E-state index contributed by atoms with van der Waals surface area (Å²) in [6.07, 6.45) is 14.0. The van der Waals surface area contributed by atoms with Gasteiger partial charge in [-0.1, -0.05) is 48.0 Å². The molecule has 4 saturated carbocycles. The van der Waals surface area contributed by atoms with Crippen LogP contribution in [0.25, 0.3) is 0 Å². The number of fused-ring (bicyclic) bond motifs is 5. The Morgan fingerprint density at radius 2 is 1.58 bits per heavy atom. The van der Waals surface area contributed by atoms with E-state index in [1.165, 1.54) is 57.8 Å². The fourth-order valence-electron chi connectivity index (χ4n) is 9.72. The van der Waals surface area contributed by atoms with Crippen molar-refractivity contribution in [3.05, 3.63) is 0 Å². The first-order valence-corrected chi connectivity index (χ1v) is 15.4. The van der Waals surface area contributed by atoms with E-state index in [9.17, 15) is 13.0 Å². The zero-order valence-electron chi connectivity index (χ0n) is 22.1. The second kappa shape index (κ2) is 9.39. The number of rotatable bonds is 7. The molecule has 4 aliphatic carbocycles. The summed E-state index contributed by atoms with van der Waals surface area (Å²) in [5.74, 6) is 5.95. The molecule has 33 heavy (non-hydrogen) atoms. The minimum Gasteiger partial charge on any atom is -0.264 e. The Hall–Kier alpha value is -0.130. The Labute approximate surface area is 204 Å². The molecule has 4 fully saturated rings. The summed E-state index contributed by atoms with van der Waals surface area (Å²) in [4.78, 5) is 0. The zero-order chi connectivity index (χ0) is 24.2. The van der Waals surface area contributed by atoms with E-state index >= 15 is 0 Å². The average molecular weight is 483 g/mol. The van der Waals surface area contributed by atoms with Gasteiger partial charge in [0.2, 0.25) is 0 Å². The molecule has 5 heteroatoms. The molecule has 4 nitrogen and oxygen atoms in total. The Morgan fingerprint density at radius 3 is 2.24 bits per heavy atom. The molecule has 4 aliphatic rings. The van der Waals surface area contributed by atoms with Gasteiger partial charge in [-0.2, -0.15) is 8.42 Å². The molecule has 0 bridgehead atoms. The molecule has 0 aromatic heterocycles. The van der Waals surface area contributed by atoms with Gasteiger partial charge >= 0.3 is 10.4 Å². The van der Waals surface area contributed by atoms with Crippen LogP contribution in [-0.4, -0.2) is 19.1 Å². The summed E-state index contributed by atoms with van der Waals surface area (Å²) >= 11 is 0. The maximum Gasteiger partial charge on any atom is 0.397 e. The second-order valence-corrected chi connectivity index (χ2v) is 14.7. The first-order chi connectivity index (χ1) is 15.3. The predicted molar refractivity (Wildman–Crippen MR) is 134 cm³/mol.